The molecule has 1 unspecified atom stereocenters. The van der Waals surface area contributed by atoms with E-state index in [-0.39, 0.29) is 0 Å². The van der Waals surface area contributed by atoms with Gasteiger partial charge in [-0.1, -0.05) is 20.8 Å². The van der Waals surface area contributed by atoms with Gasteiger partial charge in [0.05, 0.1) is 6.61 Å². The van der Waals surface area contributed by atoms with Gasteiger partial charge >= 0.3 is 0 Å². The van der Waals surface area contributed by atoms with E-state index in [1.165, 1.54) is 6.42 Å². The second-order valence-electron chi connectivity index (χ2n) is 3.71. The number of hydrogen-bond acceptors (Lipinski definition) is 2. The smallest absolute Gasteiger partial charge is 0.0819 e. The van der Waals surface area contributed by atoms with Crippen molar-refractivity contribution in [2.45, 2.75) is 40.0 Å². The Morgan fingerprint density at radius 3 is 2.36 bits per heavy atom. The first-order valence-corrected chi connectivity index (χ1v) is 4.43. The lowest BCUT2D eigenvalue weighted by Crippen LogP contribution is -2.01. The third-order valence-corrected chi connectivity index (χ3v) is 1.81. The van der Waals surface area contributed by atoms with Gasteiger partial charge in [-0.2, -0.15) is 0 Å². The zero-order chi connectivity index (χ0) is 8.69. The summed E-state index contributed by atoms with van der Waals surface area (Å²) in [6.45, 7) is 7.19. The van der Waals surface area contributed by atoms with Crippen LogP contribution in [-0.4, -0.2) is 11.9 Å². The molecule has 2 nitrogen and oxygen atoms in total. The minimum absolute atomic E-state index is 0.475. The van der Waals surface area contributed by atoms with Crippen molar-refractivity contribution in [3.05, 3.63) is 0 Å². The van der Waals surface area contributed by atoms with Crippen molar-refractivity contribution in [2.24, 2.45) is 11.8 Å². The van der Waals surface area contributed by atoms with Crippen LogP contribution in [0.4, 0.5) is 0 Å². The monoisotopic (exact) mass is 160 g/mol. The van der Waals surface area contributed by atoms with Crippen molar-refractivity contribution in [1.29, 1.82) is 0 Å². The highest BCUT2D eigenvalue weighted by atomic mass is 17.1. The molecule has 0 amide bonds. The van der Waals surface area contributed by atoms with Gasteiger partial charge in [0.25, 0.3) is 0 Å². The van der Waals surface area contributed by atoms with Crippen molar-refractivity contribution in [3.63, 3.8) is 0 Å². The lowest BCUT2D eigenvalue weighted by atomic mass is 9.95. The molecule has 0 aliphatic carbocycles. The molecule has 2 heteroatoms. The largest absolute Gasteiger partial charge is 0.252 e. The first-order valence-electron chi connectivity index (χ1n) is 4.43. The van der Waals surface area contributed by atoms with Crippen LogP contribution in [0.2, 0.25) is 0 Å². The van der Waals surface area contributed by atoms with Gasteiger partial charge in [-0.25, -0.2) is 4.89 Å². The van der Waals surface area contributed by atoms with Crippen molar-refractivity contribution >= 4 is 0 Å². The molecule has 0 rings (SSSR count). The molecule has 0 saturated heterocycles. The van der Waals surface area contributed by atoms with E-state index in [2.05, 4.69) is 25.7 Å². The number of rotatable bonds is 6. The van der Waals surface area contributed by atoms with Crippen molar-refractivity contribution in [2.75, 3.05) is 6.61 Å². The van der Waals surface area contributed by atoms with Gasteiger partial charge in [-0.3, -0.25) is 5.26 Å². The van der Waals surface area contributed by atoms with E-state index in [0.717, 1.165) is 24.7 Å². The van der Waals surface area contributed by atoms with E-state index < -0.39 is 0 Å². The Kier molecular flexibility index (Phi) is 6.57. The standard InChI is InChI=1S/C9H20O2/c1-8(2)7-9(3)5-4-6-11-10/h8-10H,4-7H2,1-3H3. The van der Waals surface area contributed by atoms with Gasteiger partial charge in [0, 0.05) is 0 Å². The van der Waals surface area contributed by atoms with Gasteiger partial charge in [0.1, 0.15) is 0 Å². The molecule has 0 aliphatic heterocycles. The van der Waals surface area contributed by atoms with E-state index in [1.54, 1.807) is 0 Å². The summed E-state index contributed by atoms with van der Waals surface area (Å²) in [7, 11) is 0. The molecule has 1 atom stereocenters. The quantitative estimate of drug-likeness (QED) is 0.368. The van der Waals surface area contributed by atoms with E-state index >= 15 is 0 Å². The zero-order valence-electron chi connectivity index (χ0n) is 7.84. The first kappa shape index (κ1) is 10.9. The van der Waals surface area contributed by atoms with E-state index in [0.29, 0.717) is 6.61 Å². The Labute approximate surface area is 69.5 Å². The minimum Gasteiger partial charge on any atom is -0.252 e. The topological polar surface area (TPSA) is 29.5 Å². The molecule has 0 spiro atoms. The van der Waals surface area contributed by atoms with Crippen molar-refractivity contribution < 1.29 is 10.1 Å². The lowest BCUT2D eigenvalue weighted by Gasteiger charge is -2.12. The molecule has 0 heterocycles. The molecule has 0 aliphatic rings. The predicted octanol–water partition coefficient (Wildman–Crippen LogP) is 2.94. The molecular formula is C9H20O2. The fourth-order valence-corrected chi connectivity index (χ4v) is 1.42. The Morgan fingerprint density at radius 1 is 1.27 bits per heavy atom. The summed E-state index contributed by atoms with van der Waals surface area (Å²) in [5.74, 6) is 1.53. The molecule has 0 aromatic heterocycles. The summed E-state index contributed by atoms with van der Waals surface area (Å²) < 4.78 is 0. The fraction of sp³-hybridized carbons (Fsp3) is 1.00. The van der Waals surface area contributed by atoms with Crippen LogP contribution in [0.5, 0.6) is 0 Å². The highest BCUT2D eigenvalue weighted by molar-refractivity contribution is 4.55. The van der Waals surface area contributed by atoms with Crippen LogP contribution < -0.4 is 0 Å². The van der Waals surface area contributed by atoms with Gasteiger partial charge in [-0.05, 0) is 31.1 Å². The summed E-state index contributed by atoms with van der Waals surface area (Å²) in [5.41, 5.74) is 0. The highest BCUT2D eigenvalue weighted by Crippen LogP contribution is 2.15. The summed E-state index contributed by atoms with van der Waals surface area (Å²) in [6, 6.07) is 0. The third-order valence-electron chi connectivity index (χ3n) is 1.81. The van der Waals surface area contributed by atoms with Crippen LogP contribution in [0.1, 0.15) is 40.0 Å². The molecular weight excluding hydrogens is 140 g/mol. The van der Waals surface area contributed by atoms with Crippen LogP contribution in [0, 0.1) is 11.8 Å². The maximum absolute atomic E-state index is 8.06. The van der Waals surface area contributed by atoms with Gasteiger partial charge in [0.2, 0.25) is 0 Å². The zero-order valence-corrected chi connectivity index (χ0v) is 7.84. The Morgan fingerprint density at radius 2 is 1.91 bits per heavy atom. The maximum Gasteiger partial charge on any atom is 0.0819 e. The molecule has 0 bridgehead atoms. The van der Waals surface area contributed by atoms with Crippen LogP contribution in [-0.2, 0) is 4.89 Å². The van der Waals surface area contributed by atoms with Gasteiger partial charge in [0.15, 0.2) is 0 Å². The van der Waals surface area contributed by atoms with E-state index in [9.17, 15) is 0 Å². The SMILES string of the molecule is CC(C)CC(C)CCCOO. The molecule has 0 radical (unpaired) electrons. The Hall–Kier alpha value is -0.0800. The average Bonchev–Trinajstić information content (AvgIpc) is 1.86. The molecule has 11 heavy (non-hydrogen) atoms. The van der Waals surface area contributed by atoms with Gasteiger partial charge < -0.3 is 0 Å². The molecule has 0 aromatic carbocycles. The highest BCUT2D eigenvalue weighted by Gasteiger charge is 2.03. The lowest BCUT2D eigenvalue weighted by molar-refractivity contribution is -0.243. The minimum atomic E-state index is 0.475. The Bertz CT molecular complexity index is 81.6. The summed E-state index contributed by atoms with van der Waals surface area (Å²) in [5, 5.41) is 8.06. The van der Waals surface area contributed by atoms with Crippen LogP contribution in [0.15, 0.2) is 0 Å². The molecule has 0 fully saturated rings. The van der Waals surface area contributed by atoms with Crippen molar-refractivity contribution in [3.8, 4) is 0 Å². The summed E-state index contributed by atoms with van der Waals surface area (Å²) in [4.78, 5) is 4.00. The van der Waals surface area contributed by atoms with Crippen LogP contribution >= 0.6 is 0 Å². The van der Waals surface area contributed by atoms with Crippen molar-refractivity contribution in [1.82, 2.24) is 0 Å². The fourth-order valence-electron chi connectivity index (χ4n) is 1.42. The van der Waals surface area contributed by atoms with Crippen LogP contribution in [0.25, 0.3) is 0 Å². The second kappa shape index (κ2) is 6.62. The molecule has 0 saturated carbocycles. The van der Waals surface area contributed by atoms with E-state index in [4.69, 9.17) is 5.26 Å². The molecule has 68 valence electrons. The number of hydrogen-bond donors (Lipinski definition) is 1. The average molecular weight is 160 g/mol. The Balaban J connectivity index is 3.15. The van der Waals surface area contributed by atoms with Gasteiger partial charge in [-0.15, -0.1) is 0 Å². The third kappa shape index (κ3) is 7.82. The maximum atomic E-state index is 8.06. The normalized spacial score (nSPS) is 13.9. The van der Waals surface area contributed by atoms with Crippen LogP contribution in [0.3, 0.4) is 0 Å². The predicted molar refractivity (Wildman–Crippen MR) is 46.4 cm³/mol. The molecule has 1 N–H and O–H groups in total. The van der Waals surface area contributed by atoms with E-state index in [1.807, 2.05) is 0 Å². The summed E-state index contributed by atoms with van der Waals surface area (Å²) in [6.07, 6.45) is 3.38. The molecule has 0 aromatic rings. The first-order chi connectivity index (χ1) is 5.16. The second-order valence-corrected chi connectivity index (χ2v) is 3.71. The summed E-state index contributed by atoms with van der Waals surface area (Å²) >= 11 is 0.